The van der Waals surface area contributed by atoms with Crippen LogP contribution in [0.2, 0.25) is 0 Å². The lowest BCUT2D eigenvalue weighted by Crippen LogP contribution is -2.28. The van der Waals surface area contributed by atoms with Crippen LogP contribution in [0.5, 0.6) is 5.75 Å². The van der Waals surface area contributed by atoms with Gasteiger partial charge in [-0.3, -0.25) is 10.1 Å². The second-order valence-corrected chi connectivity index (χ2v) is 3.39. The van der Waals surface area contributed by atoms with E-state index in [0.29, 0.717) is 0 Å². The van der Waals surface area contributed by atoms with Crippen molar-refractivity contribution in [1.29, 1.82) is 0 Å². The smallest absolute Gasteiger partial charge is 0.337 e. The molecule has 0 fully saturated rings. The van der Waals surface area contributed by atoms with E-state index < -0.39 is 11.9 Å². The Morgan fingerprint density at radius 2 is 2.11 bits per heavy atom. The summed E-state index contributed by atoms with van der Waals surface area (Å²) in [4.78, 5) is 22.4. The van der Waals surface area contributed by atoms with Gasteiger partial charge in [0.25, 0.3) is 0 Å². The number of carbonyl (C=O) groups excluding carboxylic acids is 1. The van der Waals surface area contributed by atoms with Crippen LogP contribution in [0.4, 0.5) is 5.69 Å². The number of rotatable bonds is 5. The highest BCUT2D eigenvalue weighted by Crippen LogP contribution is 2.21. The van der Waals surface area contributed by atoms with E-state index >= 15 is 0 Å². The van der Waals surface area contributed by atoms with Crippen LogP contribution in [0.3, 0.4) is 0 Å². The number of anilines is 1. The van der Waals surface area contributed by atoms with Crippen molar-refractivity contribution in [3.63, 3.8) is 0 Å². The molecule has 0 aliphatic heterocycles. The summed E-state index contributed by atoms with van der Waals surface area (Å²) in [5.74, 6) is 0.465. The van der Waals surface area contributed by atoms with Gasteiger partial charge in [0.2, 0.25) is 5.91 Å². The number of carboxylic acids is 1. The van der Waals surface area contributed by atoms with Gasteiger partial charge in [0.15, 0.2) is 0 Å². The van der Waals surface area contributed by atoms with E-state index in [1.54, 1.807) is 0 Å². The van der Waals surface area contributed by atoms with Crippen molar-refractivity contribution in [3.8, 4) is 18.1 Å². The van der Waals surface area contributed by atoms with Crippen molar-refractivity contribution >= 4 is 17.6 Å². The molecule has 0 heterocycles. The number of amides is 1. The molecule has 0 radical (unpaired) electrons. The van der Waals surface area contributed by atoms with Crippen LogP contribution in [0.1, 0.15) is 10.4 Å². The van der Waals surface area contributed by atoms with Gasteiger partial charge in [0.1, 0.15) is 5.75 Å². The minimum atomic E-state index is -1.24. The first-order chi connectivity index (χ1) is 8.54. The van der Waals surface area contributed by atoms with Gasteiger partial charge in [0, 0.05) is 0 Å². The summed E-state index contributed by atoms with van der Waals surface area (Å²) in [5, 5.41) is 23.2. The van der Waals surface area contributed by atoms with Gasteiger partial charge in [0.05, 0.1) is 24.3 Å². The second kappa shape index (κ2) is 6.27. The molecular formula is C12H12N2O4. The van der Waals surface area contributed by atoms with E-state index in [9.17, 15) is 14.7 Å². The first kappa shape index (κ1) is 13.5. The van der Waals surface area contributed by atoms with E-state index in [0.717, 1.165) is 6.07 Å². The SMILES string of the molecule is C#CCNCC(=O)Nc1ccc(O)cc1C(=O)O. The number of carbonyl (C=O) groups is 2. The molecule has 0 aromatic heterocycles. The lowest BCUT2D eigenvalue weighted by atomic mass is 10.1. The molecular weight excluding hydrogens is 236 g/mol. The molecule has 0 saturated heterocycles. The first-order valence-electron chi connectivity index (χ1n) is 5.05. The van der Waals surface area contributed by atoms with Crippen LogP contribution in [0, 0.1) is 12.3 Å². The highest BCUT2D eigenvalue weighted by Gasteiger charge is 2.13. The summed E-state index contributed by atoms with van der Waals surface area (Å²) in [6.07, 6.45) is 5.00. The number of hydrogen-bond donors (Lipinski definition) is 4. The molecule has 94 valence electrons. The van der Waals surface area contributed by atoms with E-state index in [1.807, 2.05) is 0 Å². The Bertz CT molecular complexity index is 505. The third-order valence-corrected chi connectivity index (χ3v) is 2.02. The third-order valence-electron chi connectivity index (χ3n) is 2.02. The molecule has 18 heavy (non-hydrogen) atoms. The van der Waals surface area contributed by atoms with Gasteiger partial charge >= 0.3 is 5.97 Å². The fourth-order valence-electron chi connectivity index (χ4n) is 1.26. The molecule has 1 aromatic carbocycles. The van der Waals surface area contributed by atoms with Crippen molar-refractivity contribution in [2.45, 2.75) is 0 Å². The normalized spacial score (nSPS) is 9.50. The largest absolute Gasteiger partial charge is 0.508 e. The number of phenolic OH excluding ortho intramolecular Hbond substituents is 1. The summed E-state index contributed by atoms with van der Waals surface area (Å²) >= 11 is 0. The molecule has 0 atom stereocenters. The van der Waals surface area contributed by atoms with Crippen molar-refractivity contribution < 1.29 is 19.8 Å². The summed E-state index contributed by atoms with van der Waals surface area (Å²) in [5.41, 5.74) is -0.0619. The molecule has 0 bridgehead atoms. The monoisotopic (exact) mass is 248 g/mol. The van der Waals surface area contributed by atoms with Crippen LogP contribution in [0.15, 0.2) is 18.2 Å². The Balaban J connectivity index is 2.75. The zero-order chi connectivity index (χ0) is 13.5. The number of terminal acetylenes is 1. The Morgan fingerprint density at radius 3 is 2.72 bits per heavy atom. The van der Waals surface area contributed by atoms with E-state index in [-0.39, 0.29) is 30.1 Å². The molecule has 6 nitrogen and oxygen atoms in total. The Morgan fingerprint density at radius 1 is 1.39 bits per heavy atom. The standard InChI is InChI=1S/C12H12N2O4/c1-2-5-13-7-11(16)14-10-4-3-8(15)6-9(10)12(17)18/h1,3-4,6,13,15H,5,7H2,(H,14,16)(H,17,18). The molecule has 0 spiro atoms. The minimum Gasteiger partial charge on any atom is -0.508 e. The van der Waals surface area contributed by atoms with Gasteiger partial charge in [-0.15, -0.1) is 6.42 Å². The summed E-state index contributed by atoms with van der Waals surface area (Å²) < 4.78 is 0. The number of nitrogens with one attached hydrogen (secondary N) is 2. The maximum atomic E-state index is 11.4. The summed E-state index contributed by atoms with van der Waals surface area (Å²) in [6, 6.07) is 3.67. The lowest BCUT2D eigenvalue weighted by Gasteiger charge is -2.08. The molecule has 6 heteroatoms. The molecule has 0 aliphatic rings. The van der Waals surface area contributed by atoms with Gasteiger partial charge in [-0.1, -0.05) is 5.92 Å². The highest BCUT2D eigenvalue weighted by atomic mass is 16.4. The van der Waals surface area contributed by atoms with Crippen molar-refractivity contribution in [1.82, 2.24) is 5.32 Å². The van der Waals surface area contributed by atoms with Crippen molar-refractivity contribution in [3.05, 3.63) is 23.8 Å². The minimum absolute atomic E-state index is 0.0237. The van der Waals surface area contributed by atoms with Gasteiger partial charge in [-0.25, -0.2) is 4.79 Å². The Kier molecular flexibility index (Phi) is 4.72. The second-order valence-electron chi connectivity index (χ2n) is 3.39. The number of benzene rings is 1. The predicted molar refractivity (Wildman–Crippen MR) is 65.4 cm³/mol. The topological polar surface area (TPSA) is 98.7 Å². The van der Waals surface area contributed by atoms with Crippen molar-refractivity contribution in [2.24, 2.45) is 0 Å². The van der Waals surface area contributed by atoms with Gasteiger partial charge in [-0.2, -0.15) is 0 Å². The number of aromatic hydroxyl groups is 1. The zero-order valence-corrected chi connectivity index (χ0v) is 9.43. The number of aromatic carboxylic acids is 1. The average molecular weight is 248 g/mol. The molecule has 0 aliphatic carbocycles. The van der Waals surface area contributed by atoms with Crippen LogP contribution in [-0.4, -0.2) is 35.2 Å². The molecule has 1 aromatic rings. The van der Waals surface area contributed by atoms with E-state index in [2.05, 4.69) is 16.6 Å². The fraction of sp³-hybridized carbons (Fsp3) is 0.167. The zero-order valence-electron chi connectivity index (χ0n) is 9.43. The average Bonchev–Trinajstić information content (AvgIpc) is 2.31. The summed E-state index contributed by atoms with van der Waals surface area (Å²) in [6.45, 7) is 0.221. The van der Waals surface area contributed by atoms with E-state index in [4.69, 9.17) is 11.5 Å². The first-order valence-corrected chi connectivity index (χ1v) is 5.05. The molecule has 0 unspecified atom stereocenters. The quantitative estimate of drug-likeness (QED) is 0.340. The number of hydrogen-bond acceptors (Lipinski definition) is 4. The van der Waals surface area contributed by atoms with Crippen LogP contribution < -0.4 is 10.6 Å². The molecule has 4 N–H and O–H groups in total. The number of carboxylic acid groups (broad SMARTS) is 1. The number of phenols is 1. The highest BCUT2D eigenvalue weighted by molar-refractivity contribution is 6.01. The lowest BCUT2D eigenvalue weighted by molar-refractivity contribution is -0.115. The van der Waals surface area contributed by atoms with Gasteiger partial charge in [-0.05, 0) is 18.2 Å². The fourth-order valence-corrected chi connectivity index (χ4v) is 1.26. The maximum absolute atomic E-state index is 11.4. The predicted octanol–water partition coefficient (Wildman–Crippen LogP) is 0.252. The van der Waals surface area contributed by atoms with Crippen LogP contribution in [-0.2, 0) is 4.79 Å². The third kappa shape index (κ3) is 3.81. The van der Waals surface area contributed by atoms with Gasteiger partial charge < -0.3 is 15.5 Å². The Labute approximate surface area is 104 Å². The van der Waals surface area contributed by atoms with Crippen LogP contribution >= 0.6 is 0 Å². The molecule has 1 rings (SSSR count). The van der Waals surface area contributed by atoms with Crippen LogP contribution in [0.25, 0.3) is 0 Å². The summed E-state index contributed by atoms with van der Waals surface area (Å²) in [7, 11) is 0. The van der Waals surface area contributed by atoms with Crippen molar-refractivity contribution in [2.75, 3.05) is 18.4 Å². The molecule has 1 amide bonds. The van der Waals surface area contributed by atoms with E-state index in [1.165, 1.54) is 12.1 Å². The maximum Gasteiger partial charge on any atom is 0.337 e. The molecule has 0 saturated carbocycles. The Hall–Kier alpha value is -2.52.